The molecule has 0 aliphatic carbocycles. The monoisotopic (exact) mass is 281 g/mol. The number of hydrogen-bond acceptors (Lipinski definition) is 7. The number of hydrogen-bond donors (Lipinski definition) is 1. The first-order valence-corrected chi connectivity index (χ1v) is 7.17. The fourth-order valence-electron chi connectivity index (χ4n) is 2.21. The molecule has 0 unspecified atom stereocenters. The third-order valence-electron chi connectivity index (χ3n) is 3.27. The van der Waals surface area contributed by atoms with E-state index in [1.807, 2.05) is 13.8 Å². The minimum Gasteiger partial charge on any atom is -0.464 e. The van der Waals surface area contributed by atoms with Gasteiger partial charge in [-0.1, -0.05) is 0 Å². The van der Waals surface area contributed by atoms with Gasteiger partial charge in [0.05, 0.1) is 12.7 Å². The number of nitrogens with zero attached hydrogens (tertiary/aromatic N) is 4. The highest BCUT2D eigenvalue weighted by Crippen LogP contribution is 2.20. The van der Waals surface area contributed by atoms with E-state index in [9.17, 15) is 0 Å². The topological polar surface area (TPSA) is 72.4 Å². The van der Waals surface area contributed by atoms with Gasteiger partial charge < -0.3 is 19.7 Å². The zero-order chi connectivity index (χ0) is 14.4. The molecule has 20 heavy (non-hydrogen) atoms. The van der Waals surface area contributed by atoms with Gasteiger partial charge in [0.2, 0.25) is 11.9 Å². The second-order valence-electron chi connectivity index (χ2n) is 4.63. The molecule has 2 heterocycles. The molecule has 112 valence electrons. The van der Waals surface area contributed by atoms with Crippen LogP contribution >= 0.6 is 0 Å². The van der Waals surface area contributed by atoms with E-state index in [4.69, 9.17) is 9.47 Å². The summed E-state index contributed by atoms with van der Waals surface area (Å²) in [6, 6.07) is 0.377. The van der Waals surface area contributed by atoms with E-state index >= 15 is 0 Å². The lowest BCUT2D eigenvalue weighted by Gasteiger charge is -2.31. The lowest BCUT2D eigenvalue weighted by atomic mass is 10.1. The van der Waals surface area contributed by atoms with E-state index in [0.29, 0.717) is 30.6 Å². The van der Waals surface area contributed by atoms with Crippen molar-refractivity contribution in [3.05, 3.63) is 0 Å². The minimum atomic E-state index is 0.340. The first-order valence-electron chi connectivity index (χ1n) is 7.17. The summed E-state index contributed by atoms with van der Waals surface area (Å²) in [5.74, 6) is 1.24. The van der Waals surface area contributed by atoms with Gasteiger partial charge in [0, 0.05) is 26.7 Å². The van der Waals surface area contributed by atoms with Crippen LogP contribution in [0, 0.1) is 0 Å². The molecule has 1 fully saturated rings. The SMILES string of the molecule is CCNc1nc(OCC)nc(N2CCC(OC)CC2)n1. The maximum absolute atomic E-state index is 5.41. The first-order chi connectivity index (χ1) is 9.76. The molecule has 0 aromatic carbocycles. The van der Waals surface area contributed by atoms with Gasteiger partial charge in [0.15, 0.2) is 0 Å². The largest absolute Gasteiger partial charge is 0.464 e. The Balaban J connectivity index is 2.13. The van der Waals surface area contributed by atoms with Crippen LogP contribution in [0.2, 0.25) is 0 Å². The van der Waals surface area contributed by atoms with Crippen LogP contribution in [0.3, 0.4) is 0 Å². The molecule has 2 rings (SSSR count). The van der Waals surface area contributed by atoms with Crippen molar-refractivity contribution in [2.45, 2.75) is 32.8 Å². The smallest absolute Gasteiger partial charge is 0.323 e. The fourth-order valence-corrected chi connectivity index (χ4v) is 2.21. The maximum atomic E-state index is 5.41. The van der Waals surface area contributed by atoms with Crippen molar-refractivity contribution >= 4 is 11.9 Å². The second-order valence-corrected chi connectivity index (χ2v) is 4.63. The van der Waals surface area contributed by atoms with Crippen LogP contribution in [0.4, 0.5) is 11.9 Å². The molecule has 1 aromatic rings. The average molecular weight is 281 g/mol. The van der Waals surface area contributed by atoms with Crippen LogP contribution in [0.25, 0.3) is 0 Å². The number of rotatable bonds is 6. The number of methoxy groups -OCH3 is 1. The lowest BCUT2D eigenvalue weighted by Crippen LogP contribution is -2.37. The van der Waals surface area contributed by atoms with Crippen LogP contribution in [0.1, 0.15) is 26.7 Å². The fraction of sp³-hybridized carbons (Fsp3) is 0.769. The van der Waals surface area contributed by atoms with Crippen molar-refractivity contribution in [1.29, 1.82) is 0 Å². The Hall–Kier alpha value is -1.63. The molecule has 1 saturated heterocycles. The molecule has 0 saturated carbocycles. The molecule has 1 N–H and O–H groups in total. The Labute approximate surface area is 119 Å². The van der Waals surface area contributed by atoms with Gasteiger partial charge in [-0.2, -0.15) is 15.0 Å². The number of piperidine rings is 1. The first kappa shape index (κ1) is 14.8. The Morgan fingerprint density at radius 3 is 2.55 bits per heavy atom. The van der Waals surface area contributed by atoms with E-state index in [0.717, 1.165) is 32.5 Å². The summed E-state index contributed by atoms with van der Waals surface area (Å²) in [5, 5.41) is 3.11. The van der Waals surface area contributed by atoms with Gasteiger partial charge in [-0.05, 0) is 26.7 Å². The Morgan fingerprint density at radius 2 is 1.95 bits per heavy atom. The summed E-state index contributed by atoms with van der Waals surface area (Å²) < 4.78 is 10.8. The van der Waals surface area contributed by atoms with Gasteiger partial charge in [-0.15, -0.1) is 0 Å². The van der Waals surface area contributed by atoms with Crippen molar-refractivity contribution in [3.8, 4) is 6.01 Å². The Morgan fingerprint density at radius 1 is 1.20 bits per heavy atom. The lowest BCUT2D eigenvalue weighted by molar-refractivity contribution is 0.0816. The molecule has 7 heteroatoms. The van der Waals surface area contributed by atoms with Crippen LogP contribution < -0.4 is 15.0 Å². The summed E-state index contributed by atoms with van der Waals surface area (Å²) in [6.45, 7) is 7.01. The molecule has 1 aliphatic rings. The van der Waals surface area contributed by atoms with Crippen LogP contribution in [-0.4, -0.2) is 54.4 Å². The van der Waals surface area contributed by atoms with Crippen LogP contribution in [0.5, 0.6) is 6.01 Å². The average Bonchev–Trinajstić information content (AvgIpc) is 2.48. The molecule has 0 radical (unpaired) electrons. The number of aromatic nitrogens is 3. The molecule has 0 amide bonds. The quantitative estimate of drug-likeness (QED) is 0.843. The van der Waals surface area contributed by atoms with E-state index in [2.05, 4.69) is 25.2 Å². The number of ether oxygens (including phenoxy) is 2. The third kappa shape index (κ3) is 3.69. The zero-order valence-electron chi connectivity index (χ0n) is 12.4. The highest BCUT2D eigenvalue weighted by Gasteiger charge is 2.22. The number of nitrogens with one attached hydrogen (secondary N) is 1. The Bertz CT molecular complexity index is 397. The van der Waals surface area contributed by atoms with Crippen LogP contribution in [-0.2, 0) is 4.74 Å². The van der Waals surface area contributed by atoms with Gasteiger partial charge in [-0.3, -0.25) is 0 Å². The normalized spacial score (nSPS) is 16.2. The van der Waals surface area contributed by atoms with Crippen molar-refractivity contribution in [2.75, 3.05) is 43.6 Å². The highest BCUT2D eigenvalue weighted by molar-refractivity contribution is 5.38. The van der Waals surface area contributed by atoms with Crippen molar-refractivity contribution in [1.82, 2.24) is 15.0 Å². The van der Waals surface area contributed by atoms with Gasteiger partial charge in [0.1, 0.15) is 0 Å². The molecule has 1 aromatic heterocycles. The zero-order valence-corrected chi connectivity index (χ0v) is 12.4. The van der Waals surface area contributed by atoms with Gasteiger partial charge >= 0.3 is 6.01 Å². The van der Waals surface area contributed by atoms with Crippen molar-refractivity contribution in [2.24, 2.45) is 0 Å². The number of anilines is 2. The molecule has 1 aliphatic heterocycles. The predicted octanol–water partition coefficient (Wildman–Crippen LogP) is 1.32. The molecular formula is C13H23N5O2. The summed E-state index contributed by atoms with van der Waals surface area (Å²) in [5.41, 5.74) is 0. The van der Waals surface area contributed by atoms with Crippen LogP contribution in [0.15, 0.2) is 0 Å². The molecule has 0 spiro atoms. The third-order valence-corrected chi connectivity index (χ3v) is 3.27. The molecule has 0 bridgehead atoms. The van der Waals surface area contributed by atoms with E-state index < -0.39 is 0 Å². The van der Waals surface area contributed by atoms with Gasteiger partial charge in [0.25, 0.3) is 0 Å². The van der Waals surface area contributed by atoms with Crippen molar-refractivity contribution < 1.29 is 9.47 Å². The minimum absolute atomic E-state index is 0.340. The molecule has 7 nitrogen and oxygen atoms in total. The maximum Gasteiger partial charge on any atom is 0.323 e. The van der Waals surface area contributed by atoms with Crippen molar-refractivity contribution in [3.63, 3.8) is 0 Å². The summed E-state index contributed by atoms with van der Waals surface area (Å²) in [7, 11) is 1.76. The van der Waals surface area contributed by atoms with E-state index in [1.165, 1.54) is 0 Å². The van der Waals surface area contributed by atoms with E-state index in [1.54, 1.807) is 7.11 Å². The summed E-state index contributed by atoms with van der Waals surface area (Å²) in [4.78, 5) is 15.2. The Kier molecular flexibility index (Phi) is 5.34. The van der Waals surface area contributed by atoms with E-state index in [-0.39, 0.29) is 0 Å². The standard InChI is InChI=1S/C13H23N5O2/c1-4-14-11-15-12(17-13(16-11)20-5-2)18-8-6-10(19-3)7-9-18/h10H,4-9H2,1-3H3,(H,14,15,16,17). The molecular weight excluding hydrogens is 258 g/mol. The van der Waals surface area contributed by atoms with Gasteiger partial charge in [-0.25, -0.2) is 0 Å². The summed E-state index contributed by atoms with van der Waals surface area (Å²) in [6.07, 6.45) is 2.32. The molecule has 0 atom stereocenters. The second kappa shape index (κ2) is 7.23. The highest BCUT2D eigenvalue weighted by atomic mass is 16.5. The predicted molar refractivity (Wildman–Crippen MR) is 77.4 cm³/mol. The summed E-state index contributed by atoms with van der Waals surface area (Å²) >= 11 is 0.